The van der Waals surface area contributed by atoms with Crippen LogP contribution in [0.15, 0.2) is 64.9 Å². The van der Waals surface area contributed by atoms with Crippen LogP contribution in [-0.2, 0) is 19.6 Å². The molecule has 1 atom stereocenters. The van der Waals surface area contributed by atoms with Crippen LogP contribution in [-0.4, -0.2) is 31.3 Å². The zero-order chi connectivity index (χ0) is 24.2. The summed E-state index contributed by atoms with van der Waals surface area (Å²) in [4.78, 5) is 34.7. The van der Waals surface area contributed by atoms with Crippen LogP contribution in [0.1, 0.15) is 17.3 Å². The van der Waals surface area contributed by atoms with Gasteiger partial charge in [0.25, 0.3) is 21.6 Å². The molecular weight excluding hydrogens is 494 g/mol. The van der Waals surface area contributed by atoms with E-state index in [2.05, 4.69) is 10.0 Å². The third-order valence-electron chi connectivity index (χ3n) is 4.18. The molecular formula is C20H16ClN3O7S2. The maximum absolute atomic E-state index is 12.3. The number of anilines is 2. The van der Waals surface area contributed by atoms with E-state index in [-0.39, 0.29) is 21.1 Å². The van der Waals surface area contributed by atoms with Crippen molar-refractivity contribution in [2.75, 3.05) is 10.0 Å². The number of sulfonamides is 1. The van der Waals surface area contributed by atoms with Gasteiger partial charge in [-0.05, 0) is 55.5 Å². The second kappa shape index (κ2) is 9.98. The van der Waals surface area contributed by atoms with E-state index >= 15 is 0 Å². The summed E-state index contributed by atoms with van der Waals surface area (Å²) in [6.45, 7) is 1.37. The van der Waals surface area contributed by atoms with Crippen molar-refractivity contribution in [2.45, 2.75) is 17.2 Å². The molecule has 0 spiro atoms. The van der Waals surface area contributed by atoms with E-state index in [0.717, 1.165) is 11.3 Å². The molecule has 3 aromatic rings. The minimum absolute atomic E-state index is 0.0452. The highest BCUT2D eigenvalue weighted by Gasteiger charge is 2.20. The second-order valence-electron chi connectivity index (χ2n) is 6.58. The lowest BCUT2D eigenvalue weighted by Gasteiger charge is -2.14. The van der Waals surface area contributed by atoms with Gasteiger partial charge in [-0.25, -0.2) is 13.2 Å². The summed E-state index contributed by atoms with van der Waals surface area (Å²) in [6, 6.07) is 13.5. The molecule has 3 rings (SSSR count). The second-order valence-corrected chi connectivity index (χ2v) is 10.2. The summed E-state index contributed by atoms with van der Waals surface area (Å²) < 4.78 is 32.5. The number of rotatable bonds is 8. The van der Waals surface area contributed by atoms with E-state index in [1.54, 1.807) is 0 Å². The first-order valence-electron chi connectivity index (χ1n) is 9.20. The number of benzene rings is 2. The monoisotopic (exact) mass is 509 g/mol. The van der Waals surface area contributed by atoms with Crippen LogP contribution in [0, 0.1) is 10.1 Å². The quantitative estimate of drug-likeness (QED) is 0.261. The Labute approximate surface area is 197 Å². The molecule has 0 aliphatic heterocycles. The Hall–Kier alpha value is -3.48. The summed E-state index contributed by atoms with van der Waals surface area (Å²) in [7, 11) is -3.82. The molecule has 0 saturated heterocycles. The van der Waals surface area contributed by atoms with Gasteiger partial charge in [0.15, 0.2) is 6.10 Å². The van der Waals surface area contributed by atoms with E-state index in [1.807, 2.05) is 0 Å². The Bertz CT molecular complexity index is 1290. The molecule has 2 N–H and O–H groups in total. The lowest BCUT2D eigenvalue weighted by molar-refractivity contribution is -0.384. The number of nitrogens with one attached hydrogen (secondary N) is 2. The van der Waals surface area contributed by atoms with Gasteiger partial charge in [-0.1, -0.05) is 11.6 Å². The number of thiophene rings is 1. The van der Waals surface area contributed by atoms with Gasteiger partial charge in [0.2, 0.25) is 0 Å². The van der Waals surface area contributed by atoms with Crippen molar-refractivity contribution >= 4 is 61.9 Å². The molecule has 2 aromatic carbocycles. The van der Waals surface area contributed by atoms with Crippen molar-refractivity contribution in [3.8, 4) is 0 Å². The zero-order valence-corrected chi connectivity index (χ0v) is 19.2. The smallest absolute Gasteiger partial charge is 0.338 e. The average molecular weight is 510 g/mol. The number of nitrogens with zero attached hydrogens (tertiary/aromatic N) is 1. The summed E-state index contributed by atoms with van der Waals surface area (Å²) in [5.74, 6) is -1.42. The molecule has 0 saturated carbocycles. The highest BCUT2D eigenvalue weighted by molar-refractivity contribution is 7.94. The fraction of sp³-hybridized carbons (Fsp3) is 0.100. The van der Waals surface area contributed by atoms with Gasteiger partial charge >= 0.3 is 5.97 Å². The molecule has 0 fully saturated rings. The Morgan fingerprint density at radius 3 is 2.18 bits per heavy atom. The van der Waals surface area contributed by atoms with Crippen LogP contribution in [0.2, 0.25) is 4.34 Å². The normalized spacial score (nSPS) is 11.9. The molecule has 33 heavy (non-hydrogen) atoms. The first kappa shape index (κ1) is 24.2. The summed E-state index contributed by atoms with van der Waals surface area (Å²) in [6.07, 6.45) is -1.16. The predicted octanol–water partition coefficient (Wildman–Crippen LogP) is 4.29. The number of hydrogen-bond acceptors (Lipinski definition) is 8. The first-order valence-corrected chi connectivity index (χ1v) is 11.9. The highest BCUT2D eigenvalue weighted by atomic mass is 35.5. The predicted molar refractivity (Wildman–Crippen MR) is 123 cm³/mol. The molecule has 1 heterocycles. The van der Waals surface area contributed by atoms with Crippen LogP contribution < -0.4 is 10.0 Å². The molecule has 0 radical (unpaired) electrons. The first-order chi connectivity index (χ1) is 15.5. The Morgan fingerprint density at radius 2 is 1.64 bits per heavy atom. The van der Waals surface area contributed by atoms with Crippen molar-refractivity contribution in [1.82, 2.24) is 0 Å². The van der Waals surface area contributed by atoms with E-state index in [4.69, 9.17) is 16.3 Å². The minimum atomic E-state index is -3.82. The van der Waals surface area contributed by atoms with Gasteiger partial charge in [0.05, 0.1) is 14.8 Å². The molecule has 172 valence electrons. The lowest BCUT2D eigenvalue weighted by atomic mass is 10.2. The fourth-order valence-electron chi connectivity index (χ4n) is 2.51. The number of hydrogen-bond donors (Lipinski definition) is 2. The molecule has 1 aromatic heterocycles. The largest absolute Gasteiger partial charge is 0.449 e. The van der Waals surface area contributed by atoms with Crippen molar-refractivity contribution in [2.24, 2.45) is 0 Å². The van der Waals surface area contributed by atoms with Gasteiger partial charge < -0.3 is 10.1 Å². The van der Waals surface area contributed by atoms with E-state index < -0.39 is 32.9 Å². The van der Waals surface area contributed by atoms with Crippen LogP contribution in [0.4, 0.5) is 17.1 Å². The van der Waals surface area contributed by atoms with Crippen molar-refractivity contribution in [3.05, 3.63) is 80.7 Å². The number of amides is 1. The molecule has 13 heteroatoms. The van der Waals surface area contributed by atoms with Gasteiger partial charge in [-0.15, -0.1) is 11.3 Å². The third-order valence-corrected chi connectivity index (χ3v) is 7.29. The fourth-order valence-corrected chi connectivity index (χ4v) is 5.06. The van der Waals surface area contributed by atoms with Crippen LogP contribution >= 0.6 is 22.9 Å². The van der Waals surface area contributed by atoms with Crippen LogP contribution in [0.3, 0.4) is 0 Å². The summed E-state index contributed by atoms with van der Waals surface area (Å²) >= 11 is 6.68. The Morgan fingerprint density at radius 1 is 1.03 bits per heavy atom. The van der Waals surface area contributed by atoms with Gasteiger partial charge in [0.1, 0.15) is 4.21 Å². The van der Waals surface area contributed by atoms with Crippen LogP contribution in [0.25, 0.3) is 0 Å². The maximum Gasteiger partial charge on any atom is 0.338 e. The Balaban J connectivity index is 1.58. The molecule has 0 bridgehead atoms. The number of nitro benzene ring substituents is 1. The number of carbonyl (C=O) groups excluding carboxylic acids is 2. The number of non-ortho nitro benzene ring substituents is 1. The van der Waals surface area contributed by atoms with Crippen LogP contribution in [0.5, 0.6) is 0 Å². The van der Waals surface area contributed by atoms with E-state index in [9.17, 15) is 28.1 Å². The topological polar surface area (TPSA) is 145 Å². The van der Waals surface area contributed by atoms with E-state index in [0.29, 0.717) is 10.0 Å². The lowest BCUT2D eigenvalue weighted by Crippen LogP contribution is -2.30. The molecule has 10 nitrogen and oxygen atoms in total. The minimum Gasteiger partial charge on any atom is -0.449 e. The number of carbonyl (C=O) groups is 2. The summed E-state index contributed by atoms with van der Waals surface area (Å²) in [5.41, 5.74) is 0.502. The zero-order valence-electron chi connectivity index (χ0n) is 16.9. The van der Waals surface area contributed by atoms with Crippen molar-refractivity contribution in [1.29, 1.82) is 0 Å². The number of nitro groups is 1. The van der Waals surface area contributed by atoms with Gasteiger partial charge in [-0.3, -0.25) is 19.6 Å². The molecule has 1 amide bonds. The standard InChI is InChI=1S/C20H16ClN3O7S2/c1-12(19(25)22-14-6-8-16(9-7-14)24(27)28)31-20(26)13-2-4-15(5-3-13)23-33(29,30)18-11-10-17(21)32-18/h2-12,23H,1H3,(H,22,25)/t12-/m0/s1. The number of esters is 1. The SMILES string of the molecule is C[C@H](OC(=O)c1ccc(NS(=O)(=O)c2ccc(Cl)s2)cc1)C(=O)Nc1ccc([N+](=O)[O-])cc1. The van der Waals surface area contributed by atoms with Crippen molar-refractivity contribution < 1.29 is 27.7 Å². The average Bonchev–Trinajstić information content (AvgIpc) is 3.21. The molecule has 0 aliphatic carbocycles. The number of ether oxygens (including phenoxy) is 1. The summed E-state index contributed by atoms with van der Waals surface area (Å²) in [5, 5.41) is 13.2. The van der Waals surface area contributed by atoms with E-state index in [1.165, 1.54) is 67.6 Å². The van der Waals surface area contributed by atoms with Gasteiger partial charge in [-0.2, -0.15) is 0 Å². The van der Waals surface area contributed by atoms with Crippen molar-refractivity contribution in [3.63, 3.8) is 0 Å². The Kier molecular flexibility index (Phi) is 7.31. The maximum atomic E-state index is 12.3. The molecule has 0 unspecified atom stereocenters. The third kappa shape index (κ3) is 6.28. The number of halogens is 1. The highest BCUT2D eigenvalue weighted by Crippen LogP contribution is 2.27. The molecule has 0 aliphatic rings. The van der Waals surface area contributed by atoms with Gasteiger partial charge in [0, 0.05) is 23.5 Å².